The number of aromatic nitrogens is 2. The van der Waals surface area contributed by atoms with Crippen LogP contribution in [0.15, 0.2) is 62.2 Å². The van der Waals surface area contributed by atoms with Gasteiger partial charge in [-0.3, -0.25) is 0 Å². The number of hydrogen-bond acceptors (Lipinski definition) is 3. The molecule has 0 saturated heterocycles. The van der Waals surface area contributed by atoms with E-state index >= 15 is 0 Å². The van der Waals surface area contributed by atoms with Crippen LogP contribution >= 0.6 is 15.9 Å². The number of halogens is 1. The van der Waals surface area contributed by atoms with Crippen LogP contribution in [0.5, 0.6) is 0 Å². The second-order valence-electron chi connectivity index (χ2n) is 4.72. The number of fused-ring (bicyclic) bond motifs is 2. The van der Waals surface area contributed by atoms with Gasteiger partial charge in [0.2, 0.25) is 0 Å². The fourth-order valence-corrected chi connectivity index (χ4v) is 2.77. The minimum atomic E-state index is -0.389. The molecule has 0 aliphatic heterocycles. The Labute approximate surface area is 127 Å². The maximum atomic E-state index is 11.8. The molecule has 2 aromatic heterocycles. The van der Waals surface area contributed by atoms with E-state index in [1.807, 2.05) is 36.4 Å². The van der Waals surface area contributed by atoms with Gasteiger partial charge < -0.3 is 9.40 Å². The van der Waals surface area contributed by atoms with Crippen LogP contribution in [0, 0.1) is 0 Å². The molecule has 2 aromatic carbocycles. The van der Waals surface area contributed by atoms with E-state index in [0.717, 1.165) is 26.5 Å². The third-order valence-corrected chi connectivity index (χ3v) is 3.84. The Kier molecular flexibility index (Phi) is 2.68. The van der Waals surface area contributed by atoms with E-state index in [9.17, 15) is 4.79 Å². The van der Waals surface area contributed by atoms with Gasteiger partial charge in [0.1, 0.15) is 11.4 Å². The monoisotopic (exact) mass is 340 g/mol. The topological polar surface area (TPSA) is 58.9 Å². The van der Waals surface area contributed by atoms with Crippen LogP contribution in [0.3, 0.4) is 0 Å². The molecule has 0 aliphatic rings. The first kappa shape index (κ1) is 12.3. The molecule has 0 atom stereocenters. The lowest BCUT2D eigenvalue weighted by atomic mass is 10.1. The smallest absolute Gasteiger partial charge is 0.336 e. The van der Waals surface area contributed by atoms with Gasteiger partial charge in [-0.1, -0.05) is 28.1 Å². The van der Waals surface area contributed by atoms with E-state index in [4.69, 9.17) is 4.42 Å². The Morgan fingerprint density at radius 1 is 1.10 bits per heavy atom. The van der Waals surface area contributed by atoms with E-state index in [1.54, 1.807) is 6.07 Å². The zero-order valence-electron chi connectivity index (χ0n) is 10.8. The molecule has 5 heteroatoms. The molecular formula is C16H9BrN2O2. The van der Waals surface area contributed by atoms with Crippen LogP contribution in [0.1, 0.15) is 0 Å². The Balaban J connectivity index is 2.09. The highest BCUT2D eigenvalue weighted by Crippen LogP contribution is 2.29. The summed E-state index contributed by atoms with van der Waals surface area (Å²) in [6.45, 7) is 0. The number of aromatic amines is 1. The van der Waals surface area contributed by atoms with Crippen LogP contribution in [0.25, 0.3) is 33.4 Å². The maximum absolute atomic E-state index is 11.8. The zero-order chi connectivity index (χ0) is 14.4. The summed E-state index contributed by atoms with van der Waals surface area (Å²) in [7, 11) is 0. The highest BCUT2D eigenvalue weighted by molar-refractivity contribution is 9.10. The molecule has 4 aromatic rings. The fourth-order valence-electron chi connectivity index (χ4n) is 2.41. The summed E-state index contributed by atoms with van der Waals surface area (Å²) in [6, 6.07) is 14.8. The molecular weight excluding hydrogens is 332 g/mol. The molecule has 0 bridgehead atoms. The molecule has 0 unspecified atom stereocenters. The van der Waals surface area contributed by atoms with Crippen LogP contribution in [-0.4, -0.2) is 9.97 Å². The first-order valence-electron chi connectivity index (χ1n) is 6.39. The second-order valence-corrected chi connectivity index (χ2v) is 5.64. The summed E-state index contributed by atoms with van der Waals surface area (Å²) < 4.78 is 6.15. The third kappa shape index (κ3) is 2.06. The van der Waals surface area contributed by atoms with Crippen LogP contribution in [0.2, 0.25) is 0 Å². The summed E-state index contributed by atoms with van der Waals surface area (Å²) in [4.78, 5) is 19.6. The van der Waals surface area contributed by atoms with Crippen molar-refractivity contribution in [2.75, 3.05) is 0 Å². The number of nitrogens with one attached hydrogen (secondary N) is 1. The van der Waals surface area contributed by atoms with Gasteiger partial charge in [-0.05, 0) is 30.3 Å². The van der Waals surface area contributed by atoms with Gasteiger partial charge in [-0.15, -0.1) is 0 Å². The van der Waals surface area contributed by atoms with Gasteiger partial charge in [-0.25, -0.2) is 9.78 Å². The summed E-state index contributed by atoms with van der Waals surface area (Å²) in [5.41, 5.74) is 2.69. The average Bonchev–Trinajstić information content (AvgIpc) is 2.90. The molecule has 2 heterocycles. The Bertz CT molecular complexity index is 1000. The Hall–Kier alpha value is -2.40. The first-order chi connectivity index (χ1) is 10.2. The van der Waals surface area contributed by atoms with Crippen molar-refractivity contribution in [3.63, 3.8) is 0 Å². The summed E-state index contributed by atoms with van der Waals surface area (Å²) in [6.07, 6.45) is 0. The van der Waals surface area contributed by atoms with Crippen molar-refractivity contribution in [1.29, 1.82) is 0 Å². The van der Waals surface area contributed by atoms with Crippen molar-refractivity contribution >= 4 is 37.9 Å². The van der Waals surface area contributed by atoms with Crippen molar-refractivity contribution < 1.29 is 4.42 Å². The van der Waals surface area contributed by atoms with Gasteiger partial charge in [0, 0.05) is 21.5 Å². The summed E-state index contributed by atoms with van der Waals surface area (Å²) >= 11 is 3.44. The predicted molar refractivity (Wildman–Crippen MR) is 85.3 cm³/mol. The first-order valence-corrected chi connectivity index (χ1v) is 7.18. The predicted octanol–water partition coefficient (Wildman–Crippen LogP) is 4.10. The molecule has 0 aliphatic carbocycles. The highest BCUT2D eigenvalue weighted by atomic mass is 79.9. The van der Waals surface area contributed by atoms with Gasteiger partial charge >= 0.3 is 5.63 Å². The van der Waals surface area contributed by atoms with E-state index in [2.05, 4.69) is 25.9 Å². The van der Waals surface area contributed by atoms with Crippen LogP contribution < -0.4 is 5.63 Å². The van der Waals surface area contributed by atoms with Gasteiger partial charge in [-0.2, -0.15) is 0 Å². The molecule has 21 heavy (non-hydrogen) atoms. The molecule has 0 spiro atoms. The number of hydrogen-bond donors (Lipinski definition) is 1. The minimum absolute atomic E-state index is 0.389. The third-order valence-electron chi connectivity index (χ3n) is 3.35. The van der Waals surface area contributed by atoms with E-state index in [-0.39, 0.29) is 5.63 Å². The van der Waals surface area contributed by atoms with Crippen molar-refractivity contribution in [2.24, 2.45) is 0 Å². The van der Waals surface area contributed by atoms with Gasteiger partial charge in [0.25, 0.3) is 0 Å². The molecule has 4 rings (SSSR count). The zero-order valence-corrected chi connectivity index (χ0v) is 12.3. The number of H-pyrrole nitrogens is 1. The van der Waals surface area contributed by atoms with Crippen LogP contribution in [0.4, 0.5) is 0 Å². The molecule has 0 fully saturated rings. The molecule has 1 N–H and O–H groups in total. The van der Waals surface area contributed by atoms with E-state index in [1.165, 1.54) is 6.07 Å². The molecule has 0 saturated carbocycles. The lowest BCUT2D eigenvalue weighted by molar-refractivity contribution is 0.561. The van der Waals surface area contributed by atoms with Gasteiger partial charge in [0.05, 0.1) is 11.0 Å². The van der Waals surface area contributed by atoms with Gasteiger partial charge in [0.15, 0.2) is 0 Å². The number of imidazole rings is 1. The molecule has 0 radical (unpaired) electrons. The van der Waals surface area contributed by atoms with E-state index < -0.39 is 0 Å². The number of benzene rings is 2. The van der Waals surface area contributed by atoms with Crippen molar-refractivity contribution in [1.82, 2.24) is 9.97 Å². The quantitative estimate of drug-likeness (QED) is 0.530. The standard InChI is InChI=1S/C16H9BrN2O2/c17-9-5-6-14-10(7-9)11(8-15(20)21-14)16-18-12-3-1-2-4-13(12)19-16/h1-8H,(H,18,19). The lowest BCUT2D eigenvalue weighted by Gasteiger charge is -2.03. The number of para-hydroxylation sites is 2. The SMILES string of the molecule is O=c1cc(-c2nc3ccccc3[nH]2)c2cc(Br)ccc2o1. The molecule has 0 amide bonds. The van der Waals surface area contributed by atoms with Crippen LogP contribution in [-0.2, 0) is 0 Å². The molecule has 102 valence electrons. The summed E-state index contributed by atoms with van der Waals surface area (Å²) in [5.74, 6) is 0.659. The molecule has 4 nitrogen and oxygen atoms in total. The Morgan fingerprint density at radius 2 is 1.95 bits per heavy atom. The normalized spacial score (nSPS) is 11.3. The minimum Gasteiger partial charge on any atom is -0.423 e. The largest absolute Gasteiger partial charge is 0.423 e. The van der Waals surface area contributed by atoms with Crippen molar-refractivity contribution in [3.05, 3.63) is 63.4 Å². The van der Waals surface area contributed by atoms with Crippen molar-refractivity contribution in [2.45, 2.75) is 0 Å². The Morgan fingerprint density at radius 3 is 2.81 bits per heavy atom. The van der Waals surface area contributed by atoms with E-state index in [0.29, 0.717) is 11.4 Å². The maximum Gasteiger partial charge on any atom is 0.336 e. The number of rotatable bonds is 1. The fraction of sp³-hybridized carbons (Fsp3) is 0. The lowest BCUT2D eigenvalue weighted by Crippen LogP contribution is -1.98. The highest BCUT2D eigenvalue weighted by Gasteiger charge is 2.12. The summed E-state index contributed by atoms with van der Waals surface area (Å²) in [5, 5.41) is 0.836. The average molecular weight is 341 g/mol. The van der Waals surface area contributed by atoms with Crippen molar-refractivity contribution in [3.8, 4) is 11.4 Å². The number of nitrogens with zero attached hydrogens (tertiary/aromatic N) is 1. The second kappa shape index (κ2) is 4.56.